The van der Waals surface area contributed by atoms with E-state index in [4.69, 9.17) is 0 Å². The molecule has 0 aromatic carbocycles. The molecule has 0 spiro atoms. The Morgan fingerprint density at radius 2 is 2.28 bits per heavy atom. The second-order valence-electron chi connectivity index (χ2n) is 5.29. The molecule has 18 heavy (non-hydrogen) atoms. The Kier molecular flexibility index (Phi) is 2.65. The zero-order valence-corrected chi connectivity index (χ0v) is 10.5. The first kappa shape index (κ1) is 11.4. The summed E-state index contributed by atoms with van der Waals surface area (Å²) in [6.07, 6.45) is 7.85. The SMILES string of the molecule is CC1(C(=O)N2CCCn3nnnc32)CC=CCC1. The summed E-state index contributed by atoms with van der Waals surface area (Å²) < 4.78 is 1.71. The molecular formula is C12H17N5O. The molecular weight excluding hydrogens is 230 g/mol. The highest BCUT2D eigenvalue weighted by molar-refractivity contribution is 5.96. The van der Waals surface area contributed by atoms with Crippen LogP contribution in [0.3, 0.4) is 0 Å². The topological polar surface area (TPSA) is 63.9 Å². The zero-order valence-electron chi connectivity index (χ0n) is 10.5. The maximum absolute atomic E-state index is 12.7. The van der Waals surface area contributed by atoms with E-state index in [1.165, 1.54) is 0 Å². The number of carbonyl (C=O) groups is 1. The van der Waals surface area contributed by atoms with E-state index in [2.05, 4.69) is 27.7 Å². The van der Waals surface area contributed by atoms with Crippen LogP contribution in [-0.2, 0) is 11.3 Å². The minimum Gasteiger partial charge on any atom is -0.279 e. The fourth-order valence-corrected chi connectivity index (χ4v) is 2.69. The lowest BCUT2D eigenvalue weighted by Crippen LogP contribution is -2.46. The highest BCUT2D eigenvalue weighted by Crippen LogP contribution is 2.35. The van der Waals surface area contributed by atoms with Gasteiger partial charge in [0.1, 0.15) is 0 Å². The number of rotatable bonds is 1. The van der Waals surface area contributed by atoms with Crippen LogP contribution in [0.4, 0.5) is 5.95 Å². The number of amides is 1. The Labute approximate surface area is 106 Å². The van der Waals surface area contributed by atoms with Crippen molar-refractivity contribution in [1.82, 2.24) is 20.2 Å². The van der Waals surface area contributed by atoms with Crippen molar-refractivity contribution in [3.05, 3.63) is 12.2 Å². The summed E-state index contributed by atoms with van der Waals surface area (Å²) in [5.74, 6) is 0.754. The maximum Gasteiger partial charge on any atom is 0.252 e. The standard InChI is InChI=1S/C12H17N5O/c1-12(6-3-2-4-7-12)10(18)16-8-5-9-17-11(16)13-14-15-17/h2-3H,4-9H2,1H3. The molecule has 0 saturated carbocycles. The fraction of sp³-hybridized carbons (Fsp3) is 0.667. The van der Waals surface area contributed by atoms with Gasteiger partial charge in [0.05, 0.1) is 5.41 Å². The molecule has 1 unspecified atom stereocenters. The number of aromatic nitrogens is 4. The smallest absolute Gasteiger partial charge is 0.252 e. The van der Waals surface area contributed by atoms with Crippen molar-refractivity contribution < 1.29 is 4.79 Å². The largest absolute Gasteiger partial charge is 0.279 e. The number of carbonyl (C=O) groups excluding carboxylic acids is 1. The molecule has 0 N–H and O–H groups in total. The van der Waals surface area contributed by atoms with Crippen LogP contribution in [0.2, 0.25) is 0 Å². The van der Waals surface area contributed by atoms with Crippen molar-refractivity contribution in [2.24, 2.45) is 5.41 Å². The van der Waals surface area contributed by atoms with Crippen molar-refractivity contribution in [3.8, 4) is 0 Å². The number of fused-ring (bicyclic) bond motifs is 1. The normalized spacial score (nSPS) is 27.1. The van der Waals surface area contributed by atoms with Crippen LogP contribution in [-0.4, -0.2) is 32.7 Å². The van der Waals surface area contributed by atoms with Crippen LogP contribution in [0.5, 0.6) is 0 Å². The third-order valence-electron chi connectivity index (χ3n) is 3.87. The first-order chi connectivity index (χ1) is 8.71. The van der Waals surface area contributed by atoms with Gasteiger partial charge in [0, 0.05) is 13.1 Å². The highest BCUT2D eigenvalue weighted by atomic mass is 16.2. The number of hydrogen-bond acceptors (Lipinski definition) is 4. The summed E-state index contributed by atoms with van der Waals surface area (Å²) >= 11 is 0. The lowest BCUT2D eigenvalue weighted by molar-refractivity contribution is -0.128. The first-order valence-corrected chi connectivity index (χ1v) is 6.44. The van der Waals surface area contributed by atoms with Crippen molar-refractivity contribution in [3.63, 3.8) is 0 Å². The van der Waals surface area contributed by atoms with Gasteiger partial charge < -0.3 is 0 Å². The van der Waals surface area contributed by atoms with Gasteiger partial charge in [-0.15, -0.1) is 0 Å². The predicted octanol–water partition coefficient (Wildman–Crippen LogP) is 1.16. The van der Waals surface area contributed by atoms with Crippen LogP contribution in [0, 0.1) is 5.41 Å². The fourth-order valence-electron chi connectivity index (χ4n) is 2.69. The first-order valence-electron chi connectivity index (χ1n) is 6.44. The second kappa shape index (κ2) is 4.19. The van der Waals surface area contributed by atoms with Crippen LogP contribution in [0.25, 0.3) is 0 Å². The number of anilines is 1. The van der Waals surface area contributed by atoms with E-state index in [9.17, 15) is 4.79 Å². The molecule has 1 aliphatic carbocycles. The third-order valence-corrected chi connectivity index (χ3v) is 3.87. The van der Waals surface area contributed by atoms with E-state index < -0.39 is 0 Å². The maximum atomic E-state index is 12.7. The van der Waals surface area contributed by atoms with E-state index in [0.29, 0.717) is 5.95 Å². The minimum absolute atomic E-state index is 0.155. The molecule has 1 aliphatic heterocycles. The Bertz CT molecular complexity index is 494. The molecule has 1 amide bonds. The summed E-state index contributed by atoms with van der Waals surface area (Å²) in [5, 5.41) is 11.5. The van der Waals surface area contributed by atoms with Crippen molar-refractivity contribution >= 4 is 11.9 Å². The van der Waals surface area contributed by atoms with E-state index in [1.807, 2.05) is 6.92 Å². The summed E-state index contributed by atoms with van der Waals surface area (Å²) in [4.78, 5) is 14.5. The number of tetrazole rings is 1. The molecule has 2 aliphatic rings. The molecule has 3 rings (SSSR count). The summed E-state index contributed by atoms with van der Waals surface area (Å²) in [6.45, 7) is 3.56. The molecule has 0 bridgehead atoms. The van der Waals surface area contributed by atoms with E-state index in [1.54, 1.807) is 9.58 Å². The second-order valence-corrected chi connectivity index (χ2v) is 5.29. The number of allylic oxidation sites excluding steroid dienone is 2. The third kappa shape index (κ3) is 1.72. The van der Waals surface area contributed by atoms with E-state index in [-0.39, 0.29) is 11.3 Å². The monoisotopic (exact) mass is 247 g/mol. The zero-order chi connectivity index (χ0) is 12.6. The Morgan fingerprint density at radius 3 is 3.06 bits per heavy atom. The molecule has 96 valence electrons. The van der Waals surface area contributed by atoms with E-state index in [0.717, 1.165) is 38.8 Å². The number of nitrogens with zero attached hydrogens (tertiary/aromatic N) is 5. The van der Waals surface area contributed by atoms with Gasteiger partial charge in [-0.1, -0.05) is 24.2 Å². The summed E-state index contributed by atoms with van der Waals surface area (Å²) in [7, 11) is 0. The Hall–Kier alpha value is -1.72. The predicted molar refractivity (Wildman–Crippen MR) is 65.9 cm³/mol. The average molecular weight is 247 g/mol. The van der Waals surface area contributed by atoms with Gasteiger partial charge in [0.2, 0.25) is 5.91 Å². The van der Waals surface area contributed by atoms with Gasteiger partial charge in [0.15, 0.2) is 0 Å². The summed E-state index contributed by atoms with van der Waals surface area (Å²) in [6, 6.07) is 0. The van der Waals surface area contributed by atoms with Crippen molar-refractivity contribution in [2.75, 3.05) is 11.4 Å². The summed E-state index contributed by atoms with van der Waals surface area (Å²) in [5.41, 5.74) is -0.303. The van der Waals surface area contributed by atoms with Crippen molar-refractivity contribution in [1.29, 1.82) is 0 Å². The average Bonchev–Trinajstić information content (AvgIpc) is 2.87. The molecule has 6 heteroatoms. The van der Waals surface area contributed by atoms with Crippen LogP contribution < -0.4 is 4.90 Å². The van der Waals surface area contributed by atoms with Crippen LogP contribution in [0.1, 0.15) is 32.6 Å². The van der Waals surface area contributed by atoms with Gasteiger partial charge in [-0.25, -0.2) is 4.68 Å². The quantitative estimate of drug-likeness (QED) is 0.698. The minimum atomic E-state index is -0.303. The number of aryl methyl sites for hydroxylation is 1. The molecule has 1 atom stereocenters. The Balaban J connectivity index is 1.88. The van der Waals surface area contributed by atoms with Gasteiger partial charge in [0.25, 0.3) is 5.95 Å². The molecule has 0 radical (unpaired) electrons. The van der Waals surface area contributed by atoms with Crippen LogP contribution >= 0.6 is 0 Å². The molecule has 2 heterocycles. The van der Waals surface area contributed by atoms with Gasteiger partial charge >= 0.3 is 0 Å². The molecule has 0 fully saturated rings. The number of hydrogen-bond donors (Lipinski definition) is 0. The molecule has 1 aromatic heterocycles. The highest BCUT2D eigenvalue weighted by Gasteiger charge is 2.39. The Morgan fingerprint density at radius 1 is 1.39 bits per heavy atom. The molecule has 6 nitrogen and oxygen atoms in total. The lowest BCUT2D eigenvalue weighted by Gasteiger charge is -2.35. The van der Waals surface area contributed by atoms with Crippen molar-refractivity contribution in [2.45, 2.75) is 39.2 Å². The van der Waals surface area contributed by atoms with Gasteiger partial charge in [-0.05, 0) is 36.1 Å². The molecule has 0 saturated heterocycles. The molecule has 1 aromatic rings. The van der Waals surface area contributed by atoms with Crippen LogP contribution in [0.15, 0.2) is 12.2 Å². The van der Waals surface area contributed by atoms with E-state index >= 15 is 0 Å². The lowest BCUT2D eigenvalue weighted by atomic mass is 9.77. The van der Waals surface area contributed by atoms with Gasteiger partial charge in [-0.3, -0.25) is 9.69 Å². The van der Waals surface area contributed by atoms with Gasteiger partial charge in [-0.2, -0.15) is 0 Å².